The molecule has 1 aromatic rings. The van der Waals surface area contributed by atoms with E-state index in [4.69, 9.17) is 4.99 Å². The maximum Gasteiger partial charge on any atom is 0.225 e. The van der Waals surface area contributed by atoms with Gasteiger partial charge in [0.05, 0.1) is 6.54 Å². The summed E-state index contributed by atoms with van der Waals surface area (Å²) in [4.78, 5) is 43.8. The lowest BCUT2D eigenvalue weighted by molar-refractivity contribution is -0.131. The molecule has 0 saturated carbocycles. The van der Waals surface area contributed by atoms with Gasteiger partial charge in [0, 0.05) is 78.1 Å². The summed E-state index contributed by atoms with van der Waals surface area (Å²) in [5.74, 6) is 2.26. The molecule has 3 rings (SSSR count). The first-order valence-corrected chi connectivity index (χ1v) is 11.6. The Hall–Kier alpha value is -2.91. The lowest BCUT2D eigenvalue weighted by Gasteiger charge is -2.35. The van der Waals surface area contributed by atoms with Crippen LogP contribution in [0.2, 0.25) is 0 Å². The summed E-state index contributed by atoms with van der Waals surface area (Å²) in [6, 6.07) is 1.80. The third-order valence-electron chi connectivity index (χ3n) is 6.06. The van der Waals surface area contributed by atoms with Gasteiger partial charge >= 0.3 is 0 Å². The maximum absolute atomic E-state index is 12.7. The smallest absolute Gasteiger partial charge is 0.225 e. The fourth-order valence-electron chi connectivity index (χ4n) is 4.16. The Kier molecular flexibility index (Phi) is 9.06. The van der Waals surface area contributed by atoms with Crippen LogP contribution in [0, 0.1) is 5.92 Å². The molecule has 10 nitrogen and oxygen atoms in total. The van der Waals surface area contributed by atoms with Crippen molar-refractivity contribution in [3.8, 4) is 0 Å². The predicted molar refractivity (Wildman–Crippen MR) is 124 cm³/mol. The van der Waals surface area contributed by atoms with Gasteiger partial charge < -0.3 is 25.3 Å². The topological polar surface area (TPSA) is 106 Å². The van der Waals surface area contributed by atoms with Crippen LogP contribution in [-0.2, 0) is 9.59 Å². The number of hydrogen-bond donors (Lipinski definition) is 2. The van der Waals surface area contributed by atoms with Crippen LogP contribution < -0.4 is 15.5 Å². The molecule has 2 amide bonds. The Bertz CT molecular complexity index is 756. The molecule has 3 heterocycles. The van der Waals surface area contributed by atoms with E-state index in [-0.39, 0.29) is 11.8 Å². The molecule has 32 heavy (non-hydrogen) atoms. The van der Waals surface area contributed by atoms with E-state index in [2.05, 4.69) is 37.3 Å². The molecule has 0 aliphatic carbocycles. The van der Waals surface area contributed by atoms with Crippen molar-refractivity contribution < 1.29 is 9.59 Å². The number of nitrogens with zero attached hydrogens (tertiary/aromatic N) is 6. The molecule has 10 heteroatoms. The quantitative estimate of drug-likeness (QED) is 0.461. The number of aromatic nitrogens is 2. The highest BCUT2D eigenvalue weighted by atomic mass is 16.2. The minimum atomic E-state index is 0.111. The molecular weight excluding hydrogens is 408 g/mol. The number of nitrogens with one attached hydrogen (secondary N) is 2. The number of amides is 2. The summed E-state index contributed by atoms with van der Waals surface area (Å²) in [7, 11) is 1.69. The molecule has 2 aliphatic rings. The highest BCUT2D eigenvalue weighted by Crippen LogP contribution is 2.20. The highest BCUT2D eigenvalue weighted by Gasteiger charge is 2.24. The molecule has 0 unspecified atom stereocenters. The van der Waals surface area contributed by atoms with Crippen molar-refractivity contribution >= 4 is 23.7 Å². The van der Waals surface area contributed by atoms with Crippen molar-refractivity contribution in [2.24, 2.45) is 10.9 Å². The first kappa shape index (κ1) is 23.7. The van der Waals surface area contributed by atoms with E-state index < -0.39 is 0 Å². The van der Waals surface area contributed by atoms with E-state index in [1.807, 2.05) is 4.90 Å². The Morgan fingerprint density at radius 2 is 1.75 bits per heavy atom. The SMILES string of the molecule is CCNC(=NCCC(=O)N1CCN(c2ncccn2)CC1)N1CCC(CC(=O)NC)CC1. The summed E-state index contributed by atoms with van der Waals surface area (Å²) >= 11 is 0. The van der Waals surface area contributed by atoms with Gasteiger partial charge in [0.1, 0.15) is 0 Å². The lowest BCUT2D eigenvalue weighted by atomic mass is 9.93. The van der Waals surface area contributed by atoms with E-state index in [9.17, 15) is 9.59 Å². The van der Waals surface area contributed by atoms with Crippen LogP contribution in [0.15, 0.2) is 23.5 Å². The minimum absolute atomic E-state index is 0.111. The number of anilines is 1. The van der Waals surface area contributed by atoms with E-state index in [1.165, 1.54) is 0 Å². The van der Waals surface area contributed by atoms with Crippen LogP contribution >= 0.6 is 0 Å². The maximum atomic E-state index is 12.7. The number of carbonyl (C=O) groups is 2. The Morgan fingerprint density at radius 3 is 2.38 bits per heavy atom. The molecule has 2 N–H and O–H groups in total. The van der Waals surface area contributed by atoms with Crippen LogP contribution in [0.3, 0.4) is 0 Å². The average Bonchev–Trinajstić information content (AvgIpc) is 2.84. The van der Waals surface area contributed by atoms with Gasteiger partial charge in [0.15, 0.2) is 5.96 Å². The third-order valence-corrected chi connectivity index (χ3v) is 6.06. The van der Waals surface area contributed by atoms with Crippen molar-refractivity contribution in [1.29, 1.82) is 0 Å². The zero-order valence-electron chi connectivity index (χ0n) is 19.3. The molecular formula is C22H36N8O2. The van der Waals surface area contributed by atoms with Gasteiger partial charge in [-0.05, 0) is 31.7 Å². The van der Waals surface area contributed by atoms with E-state index in [1.54, 1.807) is 25.5 Å². The first-order chi connectivity index (χ1) is 15.6. The van der Waals surface area contributed by atoms with Gasteiger partial charge in [-0.3, -0.25) is 14.6 Å². The number of piperidine rings is 1. The summed E-state index contributed by atoms with van der Waals surface area (Å²) in [6.07, 6.45) is 6.44. The van der Waals surface area contributed by atoms with Crippen LogP contribution in [-0.4, -0.2) is 96.9 Å². The zero-order valence-corrected chi connectivity index (χ0v) is 19.3. The van der Waals surface area contributed by atoms with Gasteiger partial charge in [0.2, 0.25) is 17.8 Å². The van der Waals surface area contributed by atoms with Crippen molar-refractivity contribution in [1.82, 2.24) is 30.4 Å². The lowest BCUT2D eigenvalue weighted by Crippen LogP contribution is -2.49. The summed E-state index contributed by atoms with van der Waals surface area (Å²) in [6.45, 7) is 7.92. The minimum Gasteiger partial charge on any atom is -0.359 e. The fraction of sp³-hybridized carbons (Fsp3) is 0.682. The van der Waals surface area contributed by atoms with Crippen LogP contribution in [0.25, 0.3) is 0 Å². The standard InChI is InChI=1S/C22H36N8O2/c1-3-24-21(29-11-6-18(7-12-29)17-19(31)23-2)27-10-5-20(32)28-13-15-30(16-14-28)22-25-8-4-9-26-22/h4,8-9,18H,3,5-7,10-17H2,1-2H3,(H,23,31)(H,24,27). The van der Waals surface area contributed by atoms with Gasteiger partial charge in [-0.2, -0.15) is 0 Å². The van der Waals surface area contributed by atoms with Crippen molar-refractivity contribution in [2.75, 3.05) is 64.3 Å². The third kappa shape index (κ3) is 6.80. The second-order valence-electron chi connectivity index (χ2n) is 8.21. The highest BCUT2D eigenvalue weighted by molar-refractivity contribution is 5.81. The predicted octanol–water partition coefficient (Wildman–Crippen LogP) is 0.329. The summed E-state index contributed by atoms with van der Waals surface area (Å²) < 4.78 is 0. The number of piperazine rings is 1. The van der Waals surface area contributed by atoms with Crippen LogP contribution in [0.5, 0.6) is 0 Å². The second-order valence-corrected chi connectivity index (χ2v) is 8.21. The van der Waals surface area contributed by atoms with Crippen LogP contribution in [0.4, 0.5) is 5.95 Å². The largest absolute Gasteiger partial charge is 0.359 e. The van der Waals surface area contributed by atoms with Crippen molar-refractivity contribution in [2.45, 2.75) is 32.6 Å². The van der Waals surface area contributed by atoms with Gasteiger partial charge in [-0.15, -0.1) is 0 Å². The Labute approximate surface area is 190 Å². The molecule has 0 aromatic carbocycles. The average molecular weight is 445 g/mol. The number of guanidine groups is 1. The molecule has 2 fully saturated rings. The number of carbonyl (C=O) groups excluding carboxylic acids is 2. The second kappa shape index (κ2) is 12.2. The van der Waals surface area contributed by atoms with Gasteiger partial charge in [0.25, 0.3) is 0 Å². The zero-order chi connectivity index (χ0) is 22.8. The number of rotatable bonds is 7. The van der Waals surface area contributed by atoms with Gasteiger partial charge in [-0.25, -0.2) is 9.97 Å². The summed E-state index contributed by atoms with van der Waals surface area (Å²) in [5, 5.41) is 6.06. The van der Waals surface area contributed by atoms with E-state index >= 15 is 0 Å². The molecule has 2 saturated heterocycles. The molecule has 1 aromatic heterocycles. The van der Waals surface area contributed by atoms with Crippen LogP contribution in [0.1, 0.15) is 32.6 Å². The number of hydrogen-bond acceptors (Lipinski definition) is 6. The molecule has 0 spiro atoms. The van der Waals surface area contributed by atoms with E-state index in [0.717, 1.165) is 57.5 Å². The van der Waals surface area contributed by atoms with Crippen molar-refractivity contribution in [3.05, 3.63) is 18.5 Å². The van der Waals surface area contributed by atoms with Crippen molar-refractivity contribution in [3.63, 3.8) is 0 Å². The normalized spacial score (nSPS) is 17.9. The molecule has 0 radical (unpaired) electrons. The first-order valence-electron chi connectivity index (χ1n) is 11.6. The molecule has 176 valence electrons. The molecule has 0 atom stereocenters. The van der Waals surface area contributed by atoms with E-state index in [0.29, 0.717) is 38.4 Å². The fourth-order valence-corrected chi connectivity index (χ4v) is 4.16. The Morgan fingerprint density at radius 1 is 1.06 bits per heavy atom. The summed E-state index contributed by atoms with van der Waals surface area (Å²) in [5.41, 5.74) is 0. The molecule has 2 aliphatic heterocycles. The number of likely N-dealkylation sites (tertiary alicyclic amines) is 1. The Balaban J connectivity index is 1.43. The van der Waals surface area contributed by atoms with Gasteiger partial charge in [-0.1, -0.05) is 0 Å². The molecule has 0 bridgehead atoms. The monoisotopic (exact) mass is 444 g/mol. The number of aliphatic imine (C=N–C) groups is 1.